The van der Waals surface area contributed by atoms with Crippen LogP contribution in [0.4, 0.5) is 13.2 Å². The highest BCUT2D eigenvalue weighted by Crippen LogP contribution is 2.36. The quantitative estimate of drug-likeness (QED) is 0.565. The SMILES string of the molecule is C/C(=C1/CCC(N2C=CC=CC2)C1)c1cccc(Oc2ccc(C(F)(F)F)cn2)c1. The van der Waals surface area contributed by atoms with Crippen molar-refractivity contribution in [1.82, 2.24) is 9.88 Å². The third kappa shape index (κ3) is 4.58. The number of ether oxygens (including phenoxy) is 1. The Balaban J connectivity index is 1.47. The van der Waals surface area contributed by atoms with Gasteiger partial charge in [0.25, 0.3) is 0 Å². The average Bonchev–Trinajstić information content (AvgIpc) is 3.24. The Bertz CT molecular complexity index is 990. The van der Waals surface area contributed by atoms with Gasteiger partial charge in [-0.2, -0.15) is 13.2 Å². The van der Waals surface area contributed by atoms with Gasteiger partial charge in [0.15, 0.2) is 0 Å². The van der Waals surface area contributed by atoms with E-state index in [-0.39, 0.29) is 5.88 Å². The second-order valence-electron chi connectivity index (χ2n) is 7.60. The summed E-state index contributed by atoms with van der Waals surface area (Å²) in [5.41, 5.74) is 2.94. The van der Waals surface area contributed by atoms with E-state index in [2.05, 4.69) is 41.2 Å². The number of nitrogens with zero attached hydrogens (tertiary/aromatic N) is 2. The first-order chi connectivity index (χ1) is 14.4. The molecule has 0 saturated heterocycles. The van der Waals surface area contributed by atoms with E-state index >= 15 is 0 Å². The first kappa shape index (κ1) is 20.3. The Labute approximate surface area is 174 Å². The zero-order valence-electron chi connectivity index (χ0n) is 16.7. The van der Waals surface area contributed by atoms with Gasteiger partial charge in [-0.15, -0.1) is 0 Å². The predicted octanol–water partition coefficient (Wildman–Crippen LogP) is 6.60. The lowest BCUT2D eigenvalue weighted by Gasteiger charge is -2.27. The molecule has 1 atom stereocenters. The number of aromatic nitrogens is 1. The van der Waals surface area contributed by atoms with E-state index in [0.717, 1.165) is 43.6 Å². The molecule has 0 spiro atoms. The minimum Gasteiger partial charge on any atom is -0.439 e. The third-order valence-electron chi connectivity index (χ3n) is 5.65. The summed E-state index contributed by atoms with van der Waals surface area (Å²) < 4.78 is 43.7. The molecular formula is C24H23F3N2O. The third-order valence-corrected chi connectivity index (χ3v) is 5.65. The molecule has 0 bridgehead atoms. The van der Waals surface area contributed by atoms with Gasteiger partial charge in [-0.05, 0) is 67.8 Å². The Hall–Kier alpha value is -3.02. The average molecular weight is 412 g/mol. The molecule has 3 nitrogen and oxygen atoms in total. The highest BCUT2D eigenvalue weighted by molar-refractivity contribution is 5.68. The van der Waals surface area contributed by atoms with Crippen molar-refractivity contribution in [3.8, 4) is 11.6 Å². The summed E-state index contributed by atoms with van der Waals surface area (Å²) in [6.45, 7) is 3.08. The highest BCUT2D eigenvalue weighted by Gasteiger charge is 2.30. The summed E-state index contributed by atoms with van der Waals surface area (Å²) in [5, 5.41) is 0. The van der Waals surface area contributed by atoms with Crippen molar-refractivity contribution in [3.63, 3.8) is 0 Å². The summed E-state index contributed by atoms with van der Waals surface area (Å²) in [6.07, 6.45) is 8.10. The number of rotatable bonds is 4. The van der Waals surface area contributed by atoms with Gasteiger partial charge < -0.3 is 9.64 Å². The molecule has 1 aliphatic heterocycles. The number of benzene rings is 1. The van der Waals surface area contributed by atoms with Crippen molar-refractivity contribution in [2.45, 2.75) is 38.4 Å². The van der Waals surface area contributed by atoms with Crippen molar-refractivity contribution in [2.75, 3.05) is 6.54 Å². The molecule has 156 valence electrons. The molecule has 1 fully saturated rings. The minimum atomic E-state index is -4.41. The van der Waals surface area contributed by atoms with Crippen LogP contribution in [0.25, 0.3) is 5.57 Å². The molecule has 0 amide bonds. The zero-order chi connectivity index (χ0) is 21.1. The van der Waals surface area contributed by atoms with Crippen LogP contribution in [0.2, 0.25) is 0 Å². The standard InChI is InChI=1S/C24H23F3N2O/c1-17(19-8-10-21(14-19)29-12-3-2-4-13-29)18-6-5-7-22(15-18)30-23-11-9-20(16-28-23)24(25,26)27/h2-7,9,11-12,15-16,21H,8,10,13-14H2,1H3/b19-17+. The number of hydrogen-bond donors (Lipinski definition) is 0. The van der Waals surface area contributed by atoms with Crippen molar-refractivity contribution in [3.05, 3.63) is 83.7 Å². The van der Waals surface area contributed by atoms with Gasteiger partial charge in [-0.1, -0.05) is 29.9 Å². The topological polar surface area (TPSA) is 25.4 Å². The van der Waals surface area contributed by atoms with Crippen LogP contribution in [-0.4, -0.2) is 22.5 Å². The van der Waals surface area contributed by atoms with Crippen molar-refractivity contribution in [2.24, 2.45) is 0 Å². The van der Waals surface area contributed by atoms with E-state index in [0.29, 0.717) is 11.8 Å². The molecule has 6 heteroatoms. The fourth-order valence-corrected chi connectivity index (χ4v) is 3.93. The Morgan fingerprint density at radius 3 is 2.73 bits per heavy atom. The van der Waals surface area contributed by atoms with Crippen LogP contribution in [0.15, 0.2) is 72.6 Å². The number of allylic oxidation sites excluding steroid dienone is 3. The van der Waals surface area contributed by atoms with Crippen molar-refractivity contribution >= 4 is 5.57 Å². The number of pyridine rings is 1. The molecule has 1 aliphatic carbocycles. The summed E-state index contributed by atoms with van der Waals surface area (Å²) in [5.74, 6) is 0.690. The molecule has 2 heterocycles. The van der Waals surface area contributed by atoms with Gasteiger partial charge in [0.1, 0.15) is 5.75 Å². The van der Waals surface area contributed by atoms with Crippen LogP contribution < -0.4 is 4.74 Å². The van der Waals surface area contributed by atoms with Gasteiger partial charge in [0.05, 0.1) is 5.56 Å². The van der Waals surface area contributed by atoms with Crippen LogP contribution >= 0.6 is 0 Å². The van der Waals surface area contributed by atoms with Crippen LogP contribution in [0, 0.1) is 0 Å². The molecule has 2 aliphatic rings. The maximum absolute atomic E-state index is 12.7. The van der Waals surface area contributed by atoms with E-state index in [9.17, 15) is 13.2 Å². The second kappa shape index (κ2) is 8.38. The Kier molecular flexibility index (Phi) is 5.66. The van der Waals surface area contributed by atoms with E-state index in [1.54, 1.807) is 6.07 Å². The maximum Gasteiger partial charge on any atom is 0.417 e. The number of halogens is 3. The predicted molar refractivity (Wildman–Crippen MR) is 111 cm³/mol. The van der Waals surface area contributed by atoms with Crippen LogP contribution in [0.1, 0.15) is 37.3 Å². The Morgan fingerprint density at radius 1 is 1.17 bits per heavy atom. The van der Waals surface area contributed by atoms with Crippen molar-refractivity contribution < 1.29 is 17.9 Å². The summed E-state index contributed by atoms with van der Waals surface area (Å²) in [6, 6.07) is 10.4. The number of hydrogen-bond acceptors (Lipinski definition) is 3. The molecule has 2 aromatic rings. The molecule has 30 heavy (non-hydrogen) atoms. The lowest BCUT2D eigenvalue weighted by Crippen LogP contribution is -2.29. The van der Waals surface area contributed by atoms with Crippen molar-refractivity contribution in [1.29, 1.82) is 0 Å². The highest BCUT2D eigenvalue weighted by atomic mass is 19.4. The van der Waals surface area contributed by atoms with Crippen LogP contribution in [0.3, 0.4) is 0 Å². The van der Waals surface area contributed by atoms with Gasteiger partial charge in [0, 0.05) is 24.8 Å². The van der Waals surface area contributed by atoms with E-state index in [1.807, 2.05) is 18.2 Å². The molecule has 0 N–H and O–H groups in total. The molecule has 0 radical (unpaired) electrons. The smallest absolute Gasteiger partial charge is 0.417 e. The molecule has 1 unspecified atom stereocenters. The first-order valence-corrected chi connectivity index (χ1v) is 9.99. The largest absolute Gasteiger partial charge is 0.439 e. The second-order valence-corrected chi connectivity index (χ2v) is 7.60. The van der Waals surface area contributed by atoms with Gasteiger partial charge >= 0.3 is 6.18 Å². The van der Waals surface area contributed by atoms with Crippen LogP contribution in [0.5, 0.6) is 11.6 Å². The first-order valence-electron chi connectivity index (χ1n) is 9.99. The molecule has 1 aromatic heterocycles. The lowest BCUT2D eigenvalue weighted by atomic mass is 10.00. The molecule has 1 saturated carbocycles. The molecular weight excluding hydrogens is 389 g/mol. The maximum atomic E-state index is 12.7. The van der Waals surface area contributed by atoms with E-state index in [4.69, 9.17) is 4.74 Å². The monoisotopic (exact) mass is 412 g/mol. The zero-order valence-corrected chi connectivity index (χ0v) is 16.7. The van der Waals surface area contributed by atoms with Gasteiger partial charge in [0.2, 0.25) is 5.88 Å². The minimum absolute atomic E-state index is 0.135. The summed E-state index contributed by atoms with van der Waals surface area (Å²) in [7, 11) is 0. The molecule has 1 aromatic carbocycles. The molecule has 4 rings (SSSR count). The van der Waals surface area contributed by atoms with Crippen LogP contribution in [-0.2, 0) is 6.18 Å². The summed E-state index contributed by atoms with van der Waals surface area (Å²) in [4.78, 5) is 6.17. The fraction of sp³-hybridized carbons (Fsp3) is 0.292. The fourth-order valence-electron chi connectivity index (χ4n) is 3.93. The van der Waals surface area contributed by atoms with Gasteiger partial charge in [-0.3, -0.25) is 0 Å². The van der Waals surface area contributed by atoms with E-state index in [1.165, 1.54) is 17.2 Å². The normalized spacial score (nSPS) is 20.5. The van der Waals surface area contributed by atoms with E-state index < -0.39 is 11.7 Å². The Morgan fingerprint density at radius 2 is 2.03 bits per heavy atom. The summed E-state index contributed by atoms with van der Waals surface area (Å²) >= 11 is 0. The lowest BCUT2D eigenvalue weighted by molar-refractivity contribution is -0.137. The van der Waals surface area contributed by atoms with Gasteiger partial charge in [-0.25, -0.2) is 4.98 Å². The number of alkyl halides is 3.